The molecule has 0 saturated heterocycles. The van der Waals surface area contributed by atoms with Crippen LogP contribution in [-0.2, 0) is 19.1 Å². The number of fused-ring (bicyclic) bond motifs is 10. The maximum absolute atomic E-state index is 14.8. The Kier molecular flexibility index (Phi) is 12.7. The second kappa shape index (κ2) is 18.5. The van der Waals surface area contributed by atoms with Crippen LogP contribution in [-0.4, -0.2) is 45.2 Å². The normalized spacial score (nSPS) is 21.2. The van der Waals surface area contributed by atoms with E-state index in [4.69, 9.17) is 20.8 Å². The van der Waals surface area contributed by atoms with Crippen molar-refractivity contribution >= 4 is 45.0 Å². The van der Waals surface area contributed by atoms with E-state index in [9.17, 15) is 33.0 Å². The summed E-state index contributed by atoms with van der Waals surface area (Å²) in [5.41, 5.74) is 0.353. The molecule has 7 nitrogen and oxygen atoms in total. The van der Waals surface area contributed by atoms with Gasteiger partial charge in [-0.1, -0.05) is 115 Å². The van der Waals surface area contributed by atoms with Crippen LogP contribution in [0.3, 0.4) is 0 Å². The highest BCUT2D eigenvalue weighted by molar-refractivity contribution is 6.33. The van der Waals surface area contributed by atoms with E-state index in [-0.39, 0.29) is 41.6 Å². The number of hydrogen-bond donors (Lipinski definition) is 2. The molecule has 1 fully saturated rings. The summed E-state index contributed by atoms with van der Waals surface area (Å²) in [6, 6.07) is 38.6. The molecule has 344 valence electrons. The maximum Gasteiger partial charge on any atom is 0.416 e. The fraction of sp³-hybridized carbons (Fsp3) is 0.286. The van der Waals surface area contributed by atoms with Gasteiger partial charge in [0.2, 0.25) is 5.78 Å². The number of aliphatic hydroxyl groups excluding tert-OH is 1. The second-order valence-corrected chi connectivity index (χ2v) is 18.9. The van der Waals surface area contributed by atoms with Gasteiger partial charge < -0.3 is 24.3 Å². The van der Waals surface area contributed by atoms with Crippen molar-refractivity contribution in [3.8, 4) is 17.1 Å². The predicted molar refractivity (Wildman–Crippen MR) is 255 cm³/mol. The van der Waals surface area contributed by atoms with Crippen molar-refractivity contribution in [2.24, 2.45) is 5.41 Å². The number of alkyl halides is 3. The number of carbonyl (C=O) groups is 2. The highest BCUT2D eigenvalue weighted by atomic mass is 35.5. The van der Waals surface area contributed by atoms with Crippen LogP contribution >= 0.6 is 11.6 Å². The third kappa shape index (κ3) is 9.40. The first-order valence-corrected chi connectivity index (χ1v) is 23.1. The molecular formula is C56H51ClF3NO6. The van der Waals surface area contributed by atoms with Gasteiger partial charge in [-0.15, -0.1) is 0 Å². The smallest absolute Gasteiger partial charge is 0.416 e. The van der Waals surface area contributed by atoms with Crippen LogP contribution < -0.4 is 4.74 Å². The van der Waals surface area contributed by atoms with Gasteiger partial charge in [-0.05, 0) is 145 Å². The SMILES string of the molecule is CC1=CCC[C@@]2(C)[C@@H](CC[C@@]2(O)CN(Cc2cccc3ccccc23)C(=O)Oc2ccc3ccccc3c2)c2ccc(cc2C(=O)c2ccc(-c3cc(C(F)(F)F)ccc3Cl)o2)C[C@@H](O)CC1. The van der Waals surface area contributed by atoms with E-state index in [1.807, 2.05) is 105 Å². The quantitative estimate of drug-likeness (QED) is 0.116. The summed E-state index contributed by atoms with van der Waals surface area (Å²) in [7, 11) is 0. The van der Waals surface area contributed by atoms with Crippen molar-refractivity contribution in [3.63, 3.8) is 0 Å². The van der Waals surface area contributed by atoms with Crippen molar-refractivity contribution in [2.75, 3.05) is 6.54 Å². The standard InChI is InChI=1S/C56H51ClF3NO6/c1-35-9-8-27-54(2)48(45-22-17-36(29-42(62)20-16-35)30-46(45)52(63)51-25-24-50(67-51)47-32-41(56(58,59)60)19-23-49(47)57)26-28-55(54,65)34-61(33-40-14-7-13-38-11-5-6-15-44(38)40)53(64)66-43-21-18-37-10-3-4-12-39(37)31-43/h3-7,9-15,17-19,21-25,30-32,42,48,62,65H,8,16,20,26-29,33-34H2,1-2H3/t42-,48-,54-,55+/m0/s1. The van der Waals surface area contributed by atoms with Crippen LogP contribution in [0.5, 0.6) is 5.75 Å². The van der Waals surface area contributed by atoms with Crippen molar-refractivity contribution in [1.82, 2.24) is 4.90 Å². The van der Waals surface area contributed by atoms with Crippen LogP contribution in [0.15, 0.2) is 150 Å². The lowest BCUT2D eigenvalue weighted by molar-refractivity contribution is -0.137. The van der Waals surface area contributed by atoms with Gasteiger partial charge >= 0.3 is 12.3 Å². The van der Waals surface area contributed by atoms with Crippen molar-refractivity contribution in [3.05, 3.63) is 184 Å². The lowest BCUT2D eigenvalue weighted by Gasteiger charge is -2.46. The van der Waals surface area contributed by atoms with Gasteiger partial charge in [0.1, 0.15) is 11.5 Å². The third-order valence-corrected chi connectivity index (χ3v) is 14.5. The van der Waals surface area contributed by atoms with Crippen molar-refractivity contribution in [1.29, 1.82) is 0 Å². The van der Waals surface area contributed by atoms with Crippen LogP contribution in [0, 0.1) is 5.41 Å². The number of halogens is 4. The number of nitrogens with zero attached hydrogens (tertiary/aromatic N) is 1. The summed E-state index contributed by atoms with van der Waals surface area (Å²) in [5.74, 6) is -0.640. The predicted octanol–water partition coefficient (Wildman–Crippen LogP) is 13.9. The van der Waals surface area contributed by atoms with Gasteiger partial charge in [-0.3, -0.25) is 4.79 Å². The minimum atomic E-state index is -4.63. The molecule has 10 rings (SSSR count). The molecule has 2 N–H and O–H groups in total. The zero-order chi connectivity index (χ0) is 47.1. The van der Waals surface area contributed by atoms with E-state index >= 15 is 0 Å². The topological polar surface area (TPSA) is 100 Å². The molecule has 4 atom stereocenters. The van der Waals surface area contributed by atoms with Crippen LogP contribution in [0.2, 0.25) is 5.02 Å². The Morgan fingerprint density at radius 1 is 0.851 bits per heavy atom. The highest BCUT2D eigenvalue weighted by Crippen LogP contribution is 2.59. The average molecular weight is 926 g/mol. The first kappa shape index (κ1) is 45.9. The zero-order valence-electron chi connectivity index (χ0n) is 37.3. The van der Waals surface area contributed by atoms with E-state index in [2.05, 4.69) is 6.08 Å². The van der Waals surface area contributed by atoms with Gasteiger partial charge in [0.05, 0.1) is 28.8 Å². The van der Waals surface area contributed by atoms with E-state index in [0.29, 0.717) is 55.4 Å². The monoisotopic (exact) mass is 925 g/mol. The van der Waals surface area contributed by atoms with E-state index in [1.54, 1.807) is 17.0 Å². The van der Waals surface area contributed by atoms with Gasteiger partial charge in [0, 0.05) is 23.1 Å². The van der Waals surface area contributed by atoms with Gasteiger partial charge in [0.25, 0.3) is 0 Å². The lowest BCUT2D eigenvalue weighted by atomic mass is 9.64. The third-order valence-electron chi connectivity index (χ3n) is 14.2. The van der Waals surface area contributed by atoms with E-state index in [1.165, 1.54) is 12.1 Å². The fourth-order valence-electron chi connectivity index (χ4n) is 10.4. The van der Waals surface area contributed by atoms with Crippen LogP contribution in [0.4, 0.5) is 18.0 Å². The number of amides is 1. The number of allylic oxidation sites excluding steroid dienone is 2. The number of rotatable bonds is 8. The number of carbonyl (C=O) groups excluding carboxylic acids is 2. The molecule has 3 aliphatic rings. The molecule has 1 aromatic heterocycles. The summed E-state index contributed by atoms with van der Waals surface area (Å²) >= 11 is 6.39. The summed E-state index contributed by atoms with van der Waals surface area (Å²) in [6.07, 6.45) is -0.504. The summed E-state index contributed by atoms with van der Waals surface area (Å²) < 4.78 is 53.4. The number of ether oxygens (including phenoxy) is 1. The first-order valence-electron chi connectivity index (χ1n) is 22.7. The number of furan rings is 1. The highest BCUT2D eigenvalue weighted by Gasteiger charge is 2.58. The Morgan fingerprint density at radius 3 is 2.42 bits per heavy atom. The Balaban J connectivity index is 1.11. The van der Waals surface area contributed by atoms with Gasteiger partial charge in [0.15, 0.2) is 5.76 Å². The van der Waals surface area contributed by atoms with Crippen LogP contribution in [0.25, 0.3) is 32.9 Å². The zero-order valence-corrected chi connectivity index (χ0v) is 38.0. The molecule has 67 heavy (non-hydrogen) atoms. The fourth-order valence-corrected chi connectivity index (χ4v) is 10.6. The van der Waals surface area contributed by atoms with Crippen molar-refractivity contribution in [2.45, 2.75) is 89.1 Å². The molecule has 1 saturated carbocycles. The number of ketones is 1. The van der Waals surface area contributed by atoms with Crippen LogP contribution in [0.1, 0.15) is 96.7 Å². The molecular weight excluding hydrogens is 875 g/mol. The Bertz CT molecular complexity index is 3030. The minimum absolute atomic E-state index is 0.00110. The lowest BCUT2D eigenvalue weighted by Crippen LogP contribution is -2.54. The van der Waals surface area contributed by atoms with Gasteiger partial charge in [-0.25, -0.2) is 4.79 Å². The molecule has 3 aliphatic carbocycles. The Morgan fingerprint density at radius 2 is 1.61 bits per heavy atom. The summed E-state index contributed by atoms with van der Waals surface area (Å²) in [4.78, 5) is 31.1. The molecule has 0 aliphatic heterocycles. The molecule has 0 unspecified atom stereocenters. The van der Waals surface area contributed by atoms with E-state index in [0.717, 1.165) is 56.4 Å². The summed E-state index contributed by atoms with van der Waals surface area (Å²) in [5, 5.41) is 28.5. The molecule has 2 bridgehead atoms. The molecule has 7 aromatic rings. The van der Waals surface area contributed by atoms with Gasteiger partial charge in [-0.2, -0.15) is 13.2 Å². The molecule has 6 aromatic carbocycles. The Labute approximate surface area is 392 Å². The van der Waals surface area contributed by atoms with Crippen molar-refractivity contribution < 1.29 is 42.1 Å². The molecule has 11 heteroatoms. The number of aliphatic hydroxyl groups is 2. The Hall–Kier alpha value is -6.20. The molecule has 0 radical (unpaired) electrons. The molecule has 1 heterocycles. The number of hydrogen-bond acceptors (Lipinski definition) is 6. The molecule has 0 spiro atoms. The second-order valence-electron chi connectivity index (χ2n) is 18.5. The maximum atomic E-state index is 14.8. The number of benzene rings is 6. The first-order chi connectivity index (χ1) is 32.1. The summed E-state index contributed by atoms with van der Waals surface area (Å²) in [6.45, 7) is 4.15. The average Bonchev–Trinajstić information content (AvgIpc) is 3.90. The van der Waals surface area contributed by atoms with E-state index < -0.39 is 46.7 Å². The molecule has 1 amide bonds. The largest absolute Gasteiger partial charge is 0.453 e. The minimum Gasteiger partial charge on any atom is -0.453 e.